The van der Waals surface area contributed by atoms with Crippen molar-refractivity contribution in [2.75, 3.05) is 5.32 Å². The summed E-state index contributed by atoms with van der Waals surface area (Å²) < 4.78 is 13.4. The summed E-state index contributed by atoms with van der Waals surface area (Å²) >= 11 is 0. The zero-order chi connectivity index (χ0) is 26.1. The Bertz CT molecular complexity index is 1320. The van der Waals surface area contributed by atoms with Crippen LogP contribution in [0.15, 0.2) is 66.7 Å². The number of hydrogen-bond acceptors (Lipinski definition) is 3. The van der Waals surface area contributed by atoms with Gasteiger partial charge < -0.3 is 10.4 Å². The highest BCUT2D eigenvalue weighted by Crippen LogP contribution is 2.49. The second kappa shape index (κ2) is 9.73. The Morgan fingerprint density at radius 1 is 0.917 bits per heavy atom. The molecule has 1 aliphatic carbocycles. The van der Waals surface area contributed by atoms with Crippen LogP contribution < -0.4 is 5.32 Å². The monoisotopic (exact) mass is 485 g/mol. The SMILES string of the molecule is CC1(C)CCC(C)(C)c2c(NCc3ccc(F)cc3)cc(C(=O)C=Cc3ccc(C(=O)O)cc3)cc21. The molecule has 0 bridgehead atoms. The Labute approximate surface area is 211 Å². The van der Waals surface area contributed by atoms with Gasteiger partial charge >= 0.3 is 5.97 Å². The van der Waals surface area contributed by atoms with Crippen molar-refractivity contribution in [2.24, 2.45) is 0 Å². The van der Waals surface area contributed by atoms with Gasteiger partial charge in [0.2, 0.25) is 0 Å². The third kappa shape index (κ3) is 5.40. The van der Waals surface area contributed by atoms with Crippen LogP contribution in [0.1, 0.15) is 83.5 Å². The summed E-state index contributed by atoms with van der Waals surface area (Å²) in [6.45, 7) is 9.45. The highest BCUT2D eigenvalue weighted by atomic mass is 19.1. The van der Waals surface area contributed by atoms with Crippen molar-refractivity contribution in [3.63, 3.8) is 0 Å². The van der Waals surface area contributed by atoms with Crippen molar-refractivity contribution >= 4 is 23.5 Å². The topological polar surface area (TPSA) is 66.4 Å². The van der Waals surface area contributed by atoms with E-state index in [4.69, 9.17) is 5.11 Å². The molecule has 0 aliphatic heterocycles. The molecule has 4 nitrogen and oxygen atoms in total. The van der Waals surface area contributed by atoms with Crippen LogP contribution >= 0.6 is 0 Å². The van der Waals surface area contributed by atoms with Gasteiger partial charge in [0.25, 0.3) is 0 Å². The zero-order valence-corrected chi connectivity index (χ0v) is 21.2. The lowest BCUT2D eigenvalue weighted by Crippen LogP contribution is -2.35. The maximum absolute atomic E-state index is 13.4. The molecule has 0 radical (unpaired) electrons. The highest BCUT2D eigenvalue weighted by molar-refractivity contribution is 6.07. The fourth-order valence-corrected chi connectivity index (χ4v) is 4.88. The fraction of sp³-hybridized carbons (Fsp3) is 0.290. The number of rotatable bonds is 7. The number of nitrogens with one attached hydrogen (secondary N) is 1. The number of aromatic carboxylic acids is 1. The summed E-state index contributed by atoms with van der Waals surface area (Å²) in [5, 5.41) is 12.6. The molecule has 0 heterocycles. The van der Waals surface area contributed by atoms with Crippen molar-refractivity contribution in [1.29, 1.82) is 0 Å². The van der Waals surface area contributed by atoms with Gasteiger partial charge in [0.1, 0.15) is 5.82 Å². The maximum Gasteiger partial charge on any atom is 0.335 e. The molecule has 0 saturated carbocycles. The van der Waals surface area contributed by atoms with Crippen LogP contribution in [-0.4, -0.2) is 16.9 Å². The summed E-state index contributed by atoms with van der Waals surface area (Å²) in [6, 6.07) is 16.8. The van der Waals surface area contributed by atoms with Crippen LogP contribution in [0.3, 0.4) is 0 Å². The number of carboxylic acid groups (broad SMARTS) is 1. The molecule has 5 heteroatoms. The first-order chi connectivity index (χ1) is 17.0. The van der Waals surface area contributed by atoms with Crippen LogP contribution in [0.5, 0.6) is 0 Å². The summed E-state index contributed by atoms with van der Waals surface area (Å²) in [5.41, 5.74) is 5.70. The molecule has 0 saturated heterocycles. The summed E-state index contributed by atoms with van der Waals surface area (Å²) in [7, 11) is 0. The van der Waals surface area contributed by atoms with Gasteiger partial charge in [-0.3, -0.25) is 4.79 Å². The average Bonchev–Trinajstić information content (AvgIpc) is 2.85. The first-order valence-corrected chi connectivity index (χ1v) is 12.2. The molecular weight excluding hydrogens is 453 g/mol. The Hall–Kier alpha value is -3.73. The molecule has 1 aliphatic rings. The molecule has 36 heavy (non-hydrogen) atoms. The van der Waals surface area contributed by atoms with Gasteiger partial charge in [-0.05, 0) is 88.4 Å². The Morgan fingerprint density at radius 2 is 1.56 bits per heavy atom. The number of allylic oxidation sites excluding steroid dienone is 1. The van der Waals surface area contributed by atoms with Crippen LogP contribution in [0, 0.1) is 5.82 Å². The molecule has 0 atom stereocenters. The minimum atomic E-state index is -0.984. The van der Waals surface area contributed by atoms with E-state index in [0.717, 1.165) is 29.7 Å². The number of carbonyl (C=O) groups excluding carboxylic acids is 1. The number of halogens is 1. The lowest BCUT2D eigenvalue weighted by Gasteiger charge is -2.43. The van der Waals surface area contributed by atoms with Crippen LogP contribution in [-0.2, 0) is 17.4 Å². The van der Waals surface area contributed by atoms with Gasteiger partial charge in [0.15, 0.2) is 5.78 Å². The fourth-order valence-electron chi connectivity index (χ4n) is 4.88. The predicted molar refractivity (Wildman–Crippen MR) is 142 cm³/mol. The molecule has 2 N–H and O–H groups in total. The Morgan fingerprint density at radius 3 is 2.19 bits per heavy atom. The number of ketones is 1. The standard InChI is InChI=1S/C31H32FNO3/c1-30(2)15-16-31(3,4)28-25(30)17-23(18-26(28)33-19-21-7-12-24(32)13-8-21)27(34)14-9-20-5-10-22(11-6-20)29(35)36/h5-14,17-18,33H,15-16,19H2,1-4H3,(H,35,36). The van der Waals surface area contributed by atoms with E-state index < -0.39 is 5.97 Å². The predicted octanol–water partition coefficient (Wildman–Crippen LogP) is 7.38. The third-order valence-electron chi connectivity index (χ3n) is 7.18. The quantitative estimate of drug-likeness (QED) is 0.271. The summed E-state index contributed by atoms with van der Waals surface area (Å²) in [4.78, 5) is 24.3. The van der Waals surface area contributed by atoms with Crippen molar-refractivity contribution in [3.05, 3.63) is 106 Å². The van der Waals surface area contributed by atoms with Gasteiger partial charge in [-0.2, -0.15) is 0 Å². The van der Waals surface area contributed by atoms with E-state index in [9.17, 15) is 14.0 Å². The average molecular weight is 486 g/mol. The Kier molecular flexibility index (Phi) is 6.85. The number of fused-ring (bicyclic) bond motifs is 1. The normalized spacial score (nSPS) is 15.9. The second-order valence-electron chi connectivity index (χ2n) is 10.8. The number of carbonyl (C=O) groups is 2. The molecule has 3 aromatic rings. The van der Waals surface area contributed by atoms with E-state index in [2.05, 4.69) is 33.0 Å². The molecule has 0 aromatic heterocycles. The first-order valence-electron chi connectivity index (χ1n) is 12.2. The largest absolute Gasteiger partial charge is 0.478 e. The van der Waals surface area contributed by atoms with Crippen molar-refractivity contribution in [3.8, 4) is 0 Å². The van der Waals surface area contributed by atoms with Gasteiger partial charge in [-0.15, -0.1) is 0 Å². The lowest BCUT2D eigenvalue weighted by atomic mass is 9.62. The highest BCUT2D eigenvalue weighted by Gasteiger charge is 2.39. The first kappa shape index (κ1) is 25.4. The van der Waals surface area contributed by atoms with E-state index >= 15 is 0 Å². The molecule has 0 fully saturated rings. The minimum Gasteiger partial charge on any atom is -0.478 e. The van der Waals surface area contributed by atoms with Crippen LogP contribution in [0.2, 0.25) is 0 Å². The van der Waals surface area contributed by atoms with Gasteiger partial charge in [0, 0.05) is 17.8 Å². The number of hydrogen-bond donors (Lipinski definition) is 2. The van der Waals surface area contributed by atoms with Crippen molar-refractivity contribution < 1.29 is 19.1 Å². The minimum absolute atomic E-state index is 0.0563. The summed E-state index contributed by atoms with van der Waals surface area (Å²) in [5.74, 6) is -1.37. The van der Waals surface area contributed by atoms with E-state index in [1.165, 1.54) is 41.5 Å². The third-order valence-corrected chi connectivity index (χ3v) is 7.18. The molecule has 0 unspecified atom stereocenters. The van der Waals surface area contributed by atoms with Crippen LogP contribution in [0.4, 0.5) is 10.1 Å². The second-order valence-corrected chi connectivity index (χ2v) is 10.8. The van der Waals surface area contributed by atoms with E-state index in [1.54, 1.807) is 30.3 Å². The number of benzene rings is 3. The lowest BCUT2D eigenvalue weighted by molar-refractivity contribution is 0.0696. The molecular formula is C31H32FNO3. The van der Waals surface area contributed by atoms with E-state index in [-0.39, 0.29) is 28.0 Å². The van der Waals surface area contributed by atoms with E-state index in [0.29, 0.717) is 12.1 Å². The molecule has 0 spiro atoms. The molecule has 3 aromatic carbocycles. The molecule has 186 valence electrons. The van der Waals surface area contributed by atoms with Gasteiger partial charge in [-0.25, -0.2) is 9.18 Å². The van der Waals surface area contributed by atoms with Gasteiger partial charge in [0.05, 0.1) is 5.56 Å². The number of anilines is 1. The smallest absolute Gasteiger partial charge is 0.335 e. The van der Waals surface area contributed by atoms with Crippen LogP contribution in [0.25, 0.3) is 6.08 Å². The summed E-state index contributed by atoms with van der Waals surface area (Å²) in [6.07, 6.45) is 5.29. The Balaban J connectivity index is 1.69. The number of carboxylic acids is 1. The van der Waals surface area contributed by atoms with Crippen molar-refractivity contribution in [1.82, 2.24) is 0 Å². The van der Waals surface area contributed by atoms with Gasteiger partial charge in [-0.1, -0.05) is 58.0 Å². The maximum atomic E-state index is 13.4. The molecule has 0 amide bonds. The molecule has 4 rings (SSSR count). The van der Waals surface area contributed by atoms with Crippen molar-refractivity contribution in [2.45, 2.75) is 57.9 Å². The van der Waals surface area contributed by atoms with E-state index in [1.807, 2.05) is 12.1 Å². The zero-order valence-electron chi connectivity index (χ0n) is 21.2.